The van der Waals surface area contributed by atoms with Crippen LogP contribution in [0.3, 0.4) is 0 Å². The molecule has 1 N–H and O–H groups in total. The van der Waals surface area contributed by atoms with Crippen molar-refractivity contribution in [2.45, 2.75) is 43.4 Å². The minimum Gasteiger partial charge on any atom is -0.486 e. The zero-order chi connectivity index (χ0) is 18.4. The van der Waals surface area contributed by atoms with Gasteiger partial charge in [0, 0.05) is 19.0 Å². The monoisotopic (exact) mass is 379 g/mol. The van der Waals surface area contributed by atoms with Crippen LogP contribution in [-0.4, -0.2) is 39.8 Å². The number of rotatable bonds is 7. The third kappa shape index (κ3) is 5.00. The Kier molecular flexibility index (Phi) is 6.19. The van der Waals surface area contributed by atoms with Crippen molar-refractivity contribution in [1.82, 2.24) is 5.32 Å². The fourth-order valence-electron chi connectivity index (χ4n) is 3.14. The van der Waals surface area contributed by atoms with E-state index < -0.39 is 9.84 Å². The van der Waals surface area contributed by atoms with Gasteiger partial charge >= 0.3 is 0 Å². The highest BCUT2D eigenvalue weighted by Gasteiger charge is 2.20. The van der Waals surface area contributed by atoms with E-state index in [2.05, 4.69) is 11.4 Å². The Morgan fingerprint density at radius 2 is 1.92 bits per heavy atom. The SMILES string of the molecule is O=C(CCS(=O)(=O)c1ccc2c(c1)OCCO2)NCCC1=CCCCC1. The average Bonchev–Trinajstić information content (AvgIpc) is 2.67. The molecule has 26 heavy (non-hydrogen) atoms. The summed E-state index contributed by atoms with van der Waals surface area (Å²) in [5.74, 6) is 0.524. The van der Waals surface area contributed by atoms with E-state index in [1.165, 1.54) is 30.5 Å². The molecular formula is C19H25NO5S. The number of sulfone groups is 1. The average molecular weight is 379 g/mol. The Balaban J connectivity index is 1.48. The molecule has 1 heterocycles. The van der Waals surface area contributed by atoms with Gasteiger partial charge in [-0.3, -0.25) is 4.79 Å². The first-order valence-electron chi connectivity index (χ1n) is 9.12. The Morgan fingerprint density at radius 1 is 1.12 bits per heavy atom. The van der Waals surface area contributed by atoms with Crippen LogP contribution >= 0.6 is 0 Å². The largest absolute Gasteiger partial charge is 0.486 e. The standard InChI is InChI=1S/C19H25NO5S/c21-19(20-10-8-15-4-2-1-3-5-15)9-13-26(22,23)16-6-7-17-18(14-16)25-12-11-24-17/h4,6-7,14H,1-3,5,8-13H2,(H,20,21). The van der Waals surface area contributed by atoms with Crippen molar-refractivity contribution in [3.8, 4) is 11.5 Å². The molecule has 1 aliphatic heterocycles. The highest BCUT2D eigenvalue weighted by Crippen LogP contribution is 2.32. The first-order chi connectivity index (χ1) is 12.5. The number of fused-ring (bicyclic) bond motifs is 1. The Morgan fingerprint density at radius 3 is 2.69 bits per heavy atom. The van der Waals surface area contributed by atoms with Crippen LogP contribution in [0, 0.1) is 0 Å². The number of ether oxygens (including phenoxy) is 2. The van der Waals surface area contributed by atoms with Crippen LogP contribution in [0.4, 0.5) is 0 Å². The molecule has 0 bridgehead atoms. The van der Waals surface area contributed by atoms with Crippen molar-refractivity contribution in [3.05, 3.63) is 29.8 Å². The fraction of sp³-hybridized carbons (Fsp3) is 0.526. The molecule has 1 aromatic carbocycles. The predicted molar refractivity (Wildman–Crippen MR) is 98.3 cm³/mol. The van der Waals surface area contributed by atoms with Gasteiger partial charge in [0.2, 0.25) is 5.91 Å². The van der Waals surface area contributed by atoms with Gasteiger partial charge in [0.15, 0.2) is 21.3 Å². The summed E-state index contributed by atoms with van der Waals surface area (Å²) in [6.07, 6.45) is 7.74. The van der Waals surface area contributed by atoms with Crippen molar-refractivity contribution < 1.29 is 22.7 Å². The fourth-order valence-corrected chi connectivity index (χ4v) is 4.40. The highest BCUT2D eigenvalue weighted by atomic mass is 32.2. The minimum atomic E-state index is -3.54. The van der Waals surface area contributed by atoms with Gasteiger partial charge in [-0.05, 0) is 44.2 Å². The molecule has 0 saturated carbocycles. The molecule has 0 spiro atoms. The van der Waals surface area contributed by atoms with Crippen LogP contribution in [0.5, 0.6) is 11.5 Å². The lowest BCUT2D eigenvalue weighted by Crippen LogP contribution is -2.27. The number of hydrogen-bond acceptors (Lipinski definition) is 5. The zero-order valence-corrected chi connectivity index (χ0v) is 15.6. The van der Waals surface area contributed by atoms with Gasteiger partial charge in [0.05, 0.1) is 10.6 Å². The number of benzene rings is 1. The van der Waals surface area contributed by atoms with Crippen LogP contribution in [0.1, 0.15) is 38.5 Å². The smallest absolute Gasteiger partial charge is 0.221 e. The summed E-state index contributed by atoms with van der Waals surface area (Å²) in [6, 6.07) is 4.56. The first-order valence-corrected chi connectivity index (χ1v) is 10.8. The maximum absolute atomic E-state index is 12.5. The molecule has 0 saturated heterocycles. The second kappa shape index (κ2) is 8.58. The molecular weight excluding hydrogens is 354 g/mol. The Hall–Kier alpha value is -2.02. The van der Waals surface area contributed by atoms with Gasteiger partial charge in [-0.2, -0.15) is 0 Å². The maximum Gasteiger partial charge on any atom is 0.221 e. The van der Waals surface area contributed by atoms with Gasteiger partial charge < -0.3 is 14.8 Å². The number of hydrogen-bond donors (Lipinski definition) is 1. The van der Waals surface area contributed by atoms with E-state index in [4.69, 9.17) is 9.47 Å². The van der Waals surface area contributed by atoms with E-state index in [1.807, 2.05) is 0 Å². The lowest BCUT2D eigenvalue weighted by atomic mass is 9.97. The van der Waals surface area contributed by atoms with Gasteiger partial charge in [0.25, 0.3) is 0 Å². The zero-order valence-electron chi connectivity index (χ0n) is 14.8. The third-order valence-corrected chi connectivity index (χ3v) is 6.34. The Bertz CT molecular complexity index is 785. The molecule has 1 aliphatic carbocycles. The molecule has 0 aromatic heterocycles. The van der Waals surface area contributed by atoms with E-state index in [-0.39, 0.29) is 23.0 Å². The van der Waals surface area contributed by atoms with Crippen molar-refractivity contribution in [2.75, 3.05) is 25.5 Å². The molecule has 7 heteroatoms. The first kappa shape index (κ1) is 18.8. The molecule has 0 radical (unpaired) electrons. The second-order valence-electron chi connectivity index (χ2n) is 6.58. The number of nitrogens with one attached hydrogen (secondary N) is 1. The van der Waals surface area contributed by atoms with Crippen molar-refractivity contribution in [1.29, 1.82) is 0 Å². The van der Waals surface area contributed by atoms with E-state index in [9.17, 15) is 13.2 Å². The summed E-state index contributed by atoms with van der Waals surface area (Å²) in [7, 11) is -3.54. The normalized spacial score (nSPS) is 16.7. The summed E-state index contributed by atoms with van der Waals surface area (Å²) < 4.78 is 35.7. The summed E-state index contributed by atoms with van der Waals surface area (Å²) in [6.45, 7) is 1.42. The quantitative estimate of drug-likeness (QED) is 0.737. The van der Waals surface area contributed by atoms with Crippen molar-refractivity contribution >= 4 is 15.7 Å². The van der Waals surface area contributed by atoms with Crippen LogP contribution in [0.2, 0.25) is 0 Å². The van der Waals surface area contributed by atoms with Gasteiger partial charge in [-0.25, -0.2) is 8.42 Å². The maximum atomic E-state index is 12.5. The van der Waals surface area contributed by atoms with Crippen LogP contribution in [0.15, 0.2) is 34.7 Å². The number of allylic oxidation sites excluding steroid dienone is 1. The third-order valence-electron chi connectivity index (χ3n) is 4.62. The minimum absolute atomic E-state index is 0.0458. The van der Waals surface area contributed by atoms with E-state index in [0.717, 1.165) is 19.3 Å². The molecule has 0 fully saturated rings. The molecule has 142 valence electrons. The molecule has 1 aromatic rings. The molecule has 3 rings (SSSR count). The molecule has 2 aliphatic rings. The van der Waals surface area contributed by atoms with Gasteiger partial charge in [-0.15, -0.1) is 0 Å². The van der Waals surface area contributed by atoms with E-state index in [0.29, 0.717) is 31.3 Å². The summed E-state index contributed by atoms with van der Waals surface area (Å²) in [5.41, 5.74) is 1.39. The summed E-state index contributed by atoms with van der Waals surface area (Å²) in [5, 5.41) is 2.82. The number of carbonyl (C=O) groups is 1. The summed E-state index contributed by atoms with van der Waals surface area (Å²) >= 11 is 0. The second-order valence-corrected chi connectivity index (χ2v) is 8.69. The van der Waals surface area contributed by atoms with E-state index in [1.54, 1.807) is 6.07 Å². The highest BCUT2D eigenvalue weighted by molar-refractivity contribution is 7.91. The predicted octanol–water partition coefficient (Wildman–Crippen LogP) is 2.63. The summed E-state index contributed by atoms with van der Waals surface area (Å²) in [4.78, 5) is 12.1. The lowest BCUT2D eigenvalue weighted by molar-refractivity contribution is -0.120. The van der Waals surface area contributed by atoms with Crippen LogP contribution < -0.4 is 14.8 Å². The topological polar surface area (TPSA) is 81.7 Å². The molecule has 6 nitrogen and oxygen atoms in total. The number of amides is 1. The molecule has 0 atom stereocenters. The van der Waals surface area contributed by atoms with Crippen molar-refractivity contribution in [2.24, 2.45) is 0 Å². The molecule has 1 amide bonds. The van der Waals surface area contributed by atoms with Gasteiger partial charge in [0.1, 0.15) is 13.2 Å². The lowest BCUT2D eigenvalue weighted by Gasteiger charge is -2.18. The van der Waals surface area contributed by atoms with Crippen LogP contribution in [0.25, 0.3) is 0 Å². The molecule has 0 unspecified atom stereocenters. The Labute approximate surface area is 154 Å². The van der Waals surface area contributed by atoms with E-state index >= 15 is 0 Å². The van der Waals surface area contributed by atoms with Crippen molar-refractivity contribution in [3.63, 3.8) is 0 Å². The van der Waals surface area contributed by atoms with Crippen LogP contribution in [-0.2, 0) is 14.6 Å². The van der Waals surface area contributed by atoms with Gasteiger partial charge in [-0.1, -0.05) is 11.6 Å². The number of carbonyl (C=O) groups excluding carboxylic acids is 1.